The summed E-state index contributed by atoms with van der Waals surface area (Å²) in [6, 6.07) is 4.63. The molecule has 128 valence electrons. The molecule has 0 saturated carbocycles. The van der Waals surface area contributed by atoms with Crippen LogP contribution in [0.5, 0.6) is 0 Å². The predicted octanol–water partition coefficient (Wildman–Crippen LogP) is 4.38. The van der Waals surface area contributed by atoms with Gasteiger partial charge in [0, 0.05) is 24.3 Å². The highest BCUT2D eigenvalue weighted by atomic mass is 19.4. The second-order valence-electron chi connectivity index (χ2n) is 7.13. The average Bonchev–Trinajstić information content (AvgIpc) is 2.43. The number of benzene rings is 1. The topological polar surface area (TPSA) is 43.4 Å². The minimum Gasteiger partial charge on any atom is -0.431 e. The van der Waals surface area contributed by atoms with Crippen LogP contribution in [0.15, 0.2) is 35.6 Å². The predicted molar refractivity (Wildman–Crippen MR) is 79.9 cm³/mol. The van der Waals surface area contributed by atoms with Gasteiger partial charge in [0.15, 0.2) is 5.78 Å². The first-order chi connectivity index (χ1) is 11.1. The number of carbonyl (C=O) groups excluding carboxylic acids is 2. The molecule has 6 heteroatoms. The van der Waals surface area contributed by atoms with Crippen LogP contribution in [-0.4, -0.2) is 11.8 Å². The highest BCUT2D eigenvalue weighted by molar-refractivity contribution is 6.00. The third-order valence-corrected chi connectivity index (χ3v) is 4.48. The molecule has 1 aromatic rings. The molecule has 0 unspecified atom stereocenters. The highest BCUT2D eigenvalue weighted by Crippen LogP contribution is 2.46. The van der Waals surface area contributed by atoms with Crippen molar-refractivity contribution in [1.29, 1.82) is 0 Å². The molecule has 0 saturated heterocycles. The smallest absolute Gasteiger partial charge is 0.416 e. The van der Waals surface area contributed by atoms with E-state index >= 15 is 0 Å². The molecule has 0 amide bonds. The molecule has 3 rings (SSSR count). The maximum absolute atomic E-state index is 12.7. The normalized spacial score (nSPS) is 23.8. The van der Waals surface area contributed by atoms with Gasteiger partial charge in [-0.3, -0.25) is 9.59 Å². The van der Waals surface area contributed by atoms with E-state index < -0.39 is 23.6 Å². The monoisotopic (exact) mass is 338 g/mol. The van der Waals surface area contributed by atoms with Crippen LogP contribution in [0.1, 0.15) is 50.2 Å². The standard InChI is InChI=1S/C18H17F3O3/c1-17(2)8-13(22)16-12(7-15(23)24-14(16)9-17)10-3-5-11(6-4-10)18(19,20)21/h3-6,12H,7-9H2,1-2H3/t12-/m0/s1. The SMILES string of the molecule is CC1(C)CC(=O)C2=C(C1)OC(=O)C[C@H]2c1ccc(C(F)(F)F)cc1. The summed E-state index contributed by atoms with van der Waals surface area (Å²) in [5, 5.41) is 0. The van der Waals surface area contributed by atoms with Crippen molar-refractivity contribution in [2.75, 3.05) is 0 Å². The third kappa shape index (κ3) is 3.09. The molecule has 3 nitrogen and oxygen atoms in total. The Morgan fingerprint density at radius 1 is 1.08 bits per heavy atom. The number of Topliss-reactive ketones (excluding diaryl/α,β-unsaturated/α-hetero) is 1. The number of esters is 1. The first-order valence-electron chi connectivity index (χ1n) is 7.71. The van der Waals surface area contributed by atoms with E-state index in [4.69, 9.17) is 4.74 Å². The van der Waals surface area contributed by atoms with E-state index in [1.807, 2.05) is 13.8 Å². The summed E-state index contributed by atoms with van der Waals surface area (Å²) in [6.07, 6.45) is -3.65. The first kappa shape index (κ1) is 16.7. The first-order valence-corrected chi connectivity index (χ1v) is 7.71. The van der Waals surface area contributed by atoms with Crippen LogP contribution >= 0.6 is 0 Å². The van der Waals surface area contributed by atoms with E-state index in [0.29, 0.717) is 29.7 Å². The lowest BCUT2D eigenvalue weighted by molar-refractivity contribution is -0.143. The molecule has 0 fully saturated rings. The summed E-state index contributed by atoms with van der Waals surface area (Å²) >= 11 is 0. The minimum absolute atomic E-state index is 0.0314. The van der Waals surface area contributed by atoms with Crippen LogP contribution in [0.25, 0.3) is 0 Å². The molecule has 24 heavy (non-hydrogen) atoms. The second kappa shape index (κ2) is 5.46. The van der Waals surface area contributed by atoms with Crippen LogP contribution in [0.2, 0.25) is 0 Å². The number of hydrogen-bond donors (Lipinski definition) is 0. The Morgan fingerprint density at radius 2 is 1.71 bits per heavy atom. The van der Waals surface area contributed by atoms with Gasteiger partial charge in [-0.05, 0) is 23.1 Å². The van der Waals surface area contributed by atoms with E-state index in [2.05, 4.69) is 0 Å². The number of rotatable bonds is 1. The van der Waals surface area contributed by atoms with Crippen molar-refractivity contribution in [3.63, 3.8) is 0 Å². The zero-order valence-corrected chi connectivity index (χ0v) is 13.4. The van der Waals surface area contributed by atoms with Crippen LogP contribution < -0.4 is 0 Å². The number of hydrogen-bond acceptors (Lipinski definition) is 3. The zero-order valence-electron chi connectivity index (χ0n) is 13.4. The molecule has 0 bridgehead atoms. The number of alkyl halides is 3. The molecule has 2 aliphatic rings. The van der Waals surface area contributed by atoms with Gasteiger partial charge < -0.3 is 4.74 Å². The lowest BCUT2D eigenvalue weighted by Crippen LogP contribution is -2.33. The number of ether oxygens (including phenoxy) is 1. The molecular formula is C18H17F3O3. The lowest BCUT2D eigenvalue weighted by Gasteiger charge is -2.36. The Bertz CT molecular complexity index is 727. The van der Waals surface area contributed by atoms with Gasteiger partial charge in [0.1, 0.15) is 5.76 Å². The maximum atomic E-state index is 12.7. The summed E-state index contributed by atoms with van der Waals surface area (Å²) < 4.78 is 43.4. The van der Waals surface area contributed by atoms with Crippen LogP contribution in [-0.2, 0) is 20.5 Å². The number of allylic oxidation sites excluding steroid dienone is 2. The van der Waals surface area contributed by atoms with Gasteiger partial charge in [-0.2, -0.15) is 13.2 Å². The average molecular weight is 338 g/mol. The van der Waals surface area contributed by atoms with Crippen molar-refractivity contribution in [3.05, 3.63) is 46.7 Å². The van der Waals surface area contributed by atoms with Gasteiger partial charge in [0.2, 0.25) is 0 Å². The summed E-state index contributed by atoms with van der Waals surface area (Å²) in [7, 11) is 0. The molecule has 0 N–H and O–H groups in total. The van der Waals surface area contributed by atoms with Gasteiger partial charge in [-0.1, -0.05) is 26.0 Å². The van der Waals surface area contributed by atoms with Crippen molar-refractivity contribution < 1.29 is 27.5 Å². The lowest BCUT2D eigenvalue weighted by atomic mass is 9.71. The minimum atomic E-state index is -4.42. The van der Waals surface area contributed by atoms with Crippen molar-refractivity contribution in [1.82, 2.24) is 0 Å². The molecule has 1 atom stereocenters. The molecule has 1 heterocycles. The Hall–Kier alpha value is -2.11. The summed E-state index contributed by atoms with van der Waals surface area (Å²) in [5.74, 6) is -0.715. The van der Waals surface area contributed by atoms with Gasteiger partial charge in [0.05, 0.1) is 12.0 Å². The summed E-state index contributed by atoms with van der Waals surface area (Å²) in [4.78, 5) is 24.4. The fraction of sp³-hybridized carbons (Fsp3) is 0.444. The van der Waals surface area contributed by atoms with Crippen molar-refractivity contribution >= 4 is 11.8 Å². The summed E-state index contributed by atoms with van der Waals surface area (Å²) in [5.41, 5.74) is -0.0815. The quantitative estimate of drug-likeness (QED) is 0.714. The second-order valence-corrected chi connectivity index (χ2v) is 7.13. The Morgan fingerprint density at radius 3 is 2.29 bits per heavy atom. The fourth-order valence-electron chi connectivity index (χ4n) is 3.39. The van der Waals surface area contributed by atoms with Crippen LogP contribution in [0, 0.1) is 5.41 Å². The molecule has 0 aromatic heterocycles. The van der Waals surface area contributed by atoms with E-state index in [-0.39, 0.29) is 17.6 Å². The molecule has 1 aromatic carbocycles. The third-order valence-electron chi connectivity index (χ3n) is 4.48. The van der Waals surface area contributed by atoms with Gasteiger partial charge in [0.25, 0.3) is 0 Å². The molecule has 1 aliphatic carbocycles. The number of ketones is 1. The number of carbonyl (C=O) groups is 2. The van der Waals surface area contributed by atoms with Gasteiger partial charge in [-0.25, -0.2) is 0 Å². The Balaban J connectivity index is 2.00. The van der Waals surface area contributed by atoms with Crippen molar-refractivity contribution in [2.45, 2.75) is 45.2 Å². The summed E-state index contributed by atoms with van der Waals surface area (Å²) in [6.45, 7) is 3.84. The maximum Gasteiger partial charge on any atom is 0.416 e. The van der Waals surface area contributed by atoms with Crippen LogP contribution in [0.3, 0.4) is 0 Å². The van der Waals surface area contributed by atoms with E-state index in [1.165, 1.54) is 12.1 Å². The zero-order chi connectivity index (χ0) is 17.7. The Labute approximate surface area is 137 Å². The number of halogens is 3. The van der Waals surface area contributed by atoms with Gasteiger partial charge in [-0.15, -0.1) is 0 Å². The molecule has 1 aliphatic heterocycles. The van der Waals surface area contributed by atoms with Gasteiger partial charge >= 0.3 is 12.1 Å². The Kier molecular flexibility index (Phi) is 3.81. The van der Waals surface area contributed by atoms with Crippen molar-refractivity contribution in [3.8, 4) is 0 Å². The molecule has 0 radical (unpaired) electrons. The highest BCUT2D eigenvalue weighted by Gasteiger charge is 2.42. The molecule has 0 spiro atoms. The van der Waals surface area contributed by atoms with E-state index in [1.54, 1.807) is 0 Å². The largest absolute Gasteiger partial charge is 0.431 e. The fourth-order valence-corrected chi connectivity index (χ4v) is 3.39. The molecular weight excluding hydrogens is 321 g/mol. The van der Waals surface area contributed by atoms with E-state index in [9.17, 15) is 22.8 Å². The van der Waals surface area contributed by atoms with E-state index in [0.717, 1.165) is 12.1 Å². The van der Waals surface area contributed by atoms with Crippen LogP contribution in [0.4, 0.5) is 13.2 Å². The van der Waals surface area contributed by atoms with Crippen molar-refractivity contribution in [2.24, 2.45) is 5.41 Å².